The number of aromatic amines is 1. The zero-order valence-corrected chi connectivity index (χ0v) is 13.8. The second-order valence-corrected chi connectivity index (χ2v) is 6.06. The van der Waals surface area contributed by atoms with Crippen LogP contribution in [0.25, 0.3) is 33.5 Å². The van der Waals surface area contributed by atoms with E-state index in [2.05, 4.69) is 15.0 Å². The van der Waals surface area contributed by atoms with Crippen LogP contribution in [0.3, 0.4) is 0 Å². The van der Waals surface area contributed by atoms with Crippen molar-refractivity contribution >= 4 is 27.8 Å². The number of benzene rings is 2. The fourth-order valence-electron chi connectivity index (χ4n) is 3.38. The lowest BCUT2D eigenvalue weighted by Crippen LogP contribution is -2.34. The van der Waals surface area contributed by atoms with Gasteiger partial charge in [-0.1, -0.05) is 30.3 Å². The smallest absolute Gasteiger partial charge is 0.291 e. The van der Waals surface area contributed by atoms with Crippen molar-refractivity contribution in [2.75, 3.05) is 0 Å². The highest BCUT2D eigenvalue weighted by Gasteiger charge is 2.17. The van der Waals surface area contributed by atoms with Gasteiger partial charge in [0.1, 0.15) is 5.39 Å². The Balaban J connectivity index is 2.00. The Bertz CT molecular complexity index is 1430. The molecule has 0 aliphatic rings. The number of para-hydroxylation sites is 3. The van der Waals surface area contributed by atoms with Crippen molar-refractivity contribution in [1.82, 2.24) is 23.9 Å². The second kappa shape index (κ2) is 5.13. The molecule has 7 heteroatoms. The van der Waals surface area contributed by atoms with Crippen molar-refractivity contribution in [3.05, 3.63) is 81.1 Å². The van der Waals surface area contributed by atoms with Crippen LogP contribution in [0.1, 0.15) is 5.69 Å². The van der Waals surface area contributed by atoms with E-state index in [9.17, 15) is 9.59 Å². The van der Waals surface area contributed by atoms with Crippen molar-refractivity contribution < 1.29 is 0 Å². The van der Waals surface area contributed by atoms with Crippen LogP contribution in [0.4, 0.5) is 0 Å². The number of fused-ring (bicyclic) bond motifs is 4. The van der Waals surface area contributed by atoms with Crippen LogP contribution in [0.5, 0.6) is 0 Å². The van der Waals surface area contributed by atoms with Gasteiger partial charge in [0, 0.05) is 5.69 Å². The van der Waals surface area contributed by atoms with E-state index in [0.29, 0.717) is 22.5 Å². The van der Waals surface area contributed by atoms with E-state index in [1.807, 2.05) is 41.7 Å². The van der Waals surface area contributed by atoms with E-state index in [1.54, 1.807) is 24.3 Å². The third-order valence-corrected chi connectivity index (χ3v) is 4.55. The first-order valence-electron chi connectivity index (χ1n) is 8.13. The minimum Gasteiger partial charge on any atom is -0.291 e. The summed E-state index contributed by atoms with van der Waals surface area (Å²) in [7, 11) is 0. The molecule has 0 amide bonds. The molecule has 0 aliphatic carbocycles. The normalized spacial score (nSPS) is 11.6. The summed E-state index contributed by atoms with van der Waals surface area (Å²) in [5, 5.41) is 0.365. The van der Waals surface area contributed by atoms with E-state index in [0.717, 1.165) is 15.6 Å². The van der Waals surface area contributed by atoms with Crippen LogP contribution in [0.2, 0.25) is 0 Å². The van der Waals surface area contributed by atoms with Crippen molar-refractivity contribution in [2.45, 2.75) is 6.92 Å². The number of aryl methyl sites for hydroxylation is 1. The number of rotatable bonds is 1. The fourth-order valence-corrected chi connectivity index (χ4v) is 3.38. The summed E-state index contributed by atoms with van der Waals surface area (Å²) in [5.41, 5.74) is 2.16. The molecule has 0 radical (unpaired) electrons. The number of hydrogen-bond donors (Lipinski definition) is 1. The minimum absolute atomic E-state index is 0.243. The first-order valence-corrected chi connectivity index (χ1v) is 8.13. The van der Waals surface area contributed by atoms with Crippen molar-refractivity contribution in [1.29, 1.82) is 0 Å². The highest BCUT2D eigenvalue weighted by Crippen LogP contribution is 2.20. The molecule has 0 spiro atoms. The van der Waals surface area contributed by atoms with Gasteiger partial charge < -0.3 is 0 Å². The number of aromatic nitrogens is 5. The molecule has 0 unspecified atom stereocenters. The van der Waals surface area contributed by atoms with Crippen LogP contribution in [0.15, 0.2) is 64.2 Å². The maximum atomic E-state index is 13.1. The number of hydrogen-bond acceptors (Lipinski definition) is 4. The van der Waals surface area contributed by atoms with Gasteiger partial charge in [0.15, 0.2) is 5.65 Å². The van der Waals surface area contributed by atoms with Gasteiger partial charge in [-0.15, -0.1) is 0 Å². The summed E-state index contributed by atoms with van der Waals surface area (Å²) in [4.78, 5) is 37.3. The lowest BCUT2D eigenvalue weighted by atomic mass is 10.2. The van der Waals surface area contributed by atoms with Gasteiger partial charge in [-0.25, -0.2) is 14.3 Å². The lowest BCUT2D eigenvalue weighted by Gasteiger charge is -2.09. The van der Waals surface area contributed by atoms with Gasteiger partial charge in [0.25, 0.3) is 5.56 Å². The first kappa shape index (κ1) is 14.6. The summed E-state index contributed by atoms with van der Waals surface area (Å²) < 4.78 is 2.97. The predicted molar refractivity (Wildman–Crippen MR) is 99.0 cm³/mol. The predicted octanol–water partition coefficient (Wildman–Crippen LogP) is 2.18. The van der Waals surface area contributed by atoms with Gasteiger partial charge in [0.05, 0.1) is 16.7 Å². The molecule has 0 aliphatic heterocycles. The third kappa shape index (κ3) is 1.88. The Kier molecular flexibility index (Phi) is 2.88. The fraction of sp³-hybridized carbons (Fsp3) is 0.0526. The third-order valence-electron chi connectivity index (χ3n) is 4.55. The zero-order chi connectivity index (χ0) is 17.8. The molecule has 5 rings (SSSR count). The van der Waals surface area contributed by atoms with E-state index >= 15 is 0 Å². The van der Waals surface area contributed by atoms with Crippen LogP contribution in [0, 0.1) is 6.92 Å². The highest BCUT2D eigenvalue weighted by atomic mass is 16.2. The molecule has 0 saturated heterocycles. The Morgan fingerprint density at radius 1 is 0.923 bits per heavy atom. The Hall–Kier alpha value is -3.74. The summed E-state index contributed by atoms with van der Waals surface area (Å²) >= 11 is 0. The summed E-state index contributed by atoms with van der Waals surface area (Å²) in [6, 6.07) is 16.5. The molecular formula is C19H13N5O2. The standard InChI is InChI=1S/C19H13N5O2/c1-11-15-16(21-18-20-13-9-5-6-10-14(13)23(11)18)22-19(26)24(17(15)25)12-7-3-2-4-8-12/h2-10H,1H3,(H,20,21,22,26). The maximum absolute atomic E-state index is 13.1. The molecule has 1 N–H and O–H groups in total. The number of nitrogens with one attached hydrogen (secondary N) is 1. The van der Waals surface area contributed by atoms with Crippen molar-refractivity contribution in [3.8, 4) is 5.69 Å². The Morgan fingerprint density at radius 3 is 2.46 bits per heavy atom. The van der Waals surface area contributed by atoms with E-state index in [-0.39, 0.29) is 5.65 Å². The molecule has 0 atom stereocenters. The van der Waals surface area contributed by atoms with Crippen LogP contribution < -0.4 is 11.2 Å². The first-order chi connectivity index (χ1) is 12.6. The molecule has 7 nitrogen and oxygen atoms in total. The Labute approximate surface area is 146 Å². The monoisotopic (exact) mass is 343 g/mol. The van der Waals surface area contributed by atoms with Gasteiger partial charge in [-0.3, -0.25) is 14.2 Å². The van der Waals surface area contributed by atoms with Gasteiger partial charge in [-0.05, 0) is 31.2 Å². The second-order valence-electron chi connectivity index (χ2n) is 6.06. The topological polar surface area (TPSA) is 85.0 Å². The van der Waals surface area contributed by atoms with Crippen LogP contribution >= 0.6 is 0 Å². The van der Waals surface area contributed by atoms with Crippen molar-refractivity contribution in [3.63, 3.8) is 0 Å². The number of H-pyrrole nitrogens is 1. The van der Waals surface area contributed by atoms with Crippen LogP contribution in [-0.4, -0.2) is 23.9 Å². The molecule has 26 heavy (non-hydrogen) atoms. The van der Waals surface area contributed by atoms with Gasteiger partial charge in [-0.2, -0.15) is 4.98 Å². The maximum Gasteiger partial charge on any atom is 0.334 e. The quantitative estimate of drug-likeness (QED) is 0.505. The summed E-state index contributed by atoms with van der Waals surface area (Å²) in [5.74, 6) is 0.448. The largest absolute Gasteiger partial charge is 0.334 e. The van der Waals surface area contributed by atoms with Crippen LogP contribution in [-0.2, 0) is 0 Å². The number of imidazole rings is 1. The SMILES string of the molecule is Cc1c2c(=O)n(-c3ccccc3)c(=O)[nH]c2nc2nc3ccccc3n12. The van der Waals surface area contributed by atoms with E-state index < -0.39 is 11.2 Å². The molecule has 0 fully saturated rings. The zero-order valence-electron chi connectivity index (χ0n) is 13.8. The summed E-state index contributed by atoms with van der Waals surface area (Å²) in [6.45, 7) is 1.83. The molecule has 3 aromatic heterocycles. The van der Waals surface area contributed by atoms with Gasteiger partial charge in [0.2, 0.25) is 5.78 Å². The molecule has 0 saturated carbocycles. The Morgan fingerprint density at radius 2 is 1.65 bits per heavy atom. The average Bonchev–Trinajstić information content (AvgIpc) is 3.00. The molecule has 2 aromatic carbocycles. The lowest BCUT2D eigenvalue weighted by molar-refractivity contribution is 0.888. The van der Waals surface area contributed by atoms with E-state index in [1.165, 1.54) is 0 Å². The molecule has 126 valence electrons. The highest BCUT2D eigenvalue weighted by molar-refractivity contribution is 5.85. The minimum atomic E-state index is -0.527. The molecule has 0 bridgehead atoms. The molecule has 3 heterocycles. The van der Waals surface area contributed by atoms with Gasteiger partial charge >= 0.3 is 5.69 Å². The van der Waals surface area contributed by atoms with Crippen molar-refractivity contribution in [2.24, 2.45) is 0 Å². The molecular weight excluding hydrogens is 330 g/mol. The molecule has 5 aromatic rings. The summed E-state index contributed by atoms with van der Waals surface area (Å²) in [6.07, 6.45) is 0. The van der Waals surface area contributed by atoms with E-state index in [4.69, 9.17) is 0 Å². The average molecular weight is 343 g/mol. The number of nitrogens with zero attached hydrogens (tertiary/aromatic N) is 4.